The van der Waals surface area contributed by atoms with E-state index in [1.54, 1.807) is 19.1 Å². The topological polar surface area (TPSA) is 71.4 Å². The Labute approximate surface area is 154 Å². The summed E-state index contributed by atoms with van der Waals surface area (Å²) in [6.45, 7) is 1.63. The largest absolute Gasteiger partial charge is 0.478 e. The number of halogens is 2. The predicted octanol–water partition coefficient (Wildman–Crippen LogP) is 4.14. The zero-order valence-corrected chi connectivity index (χ0v) is 16.0. The maximum atomic E-state index is 13.7. The molecule has 0 radical (unpaired) electrons. The van der Waals surface area contributed by atoms with Gasteiger partial charge in [-0.2, -0.15) is 0 Å². The molecular formula is C18H16BrFO4S. The average Bonchev–Trinajstić information content (AvgIpc) is 2.55. The van der Waals surface area contributed by atoms with Gasteiger partial charge in [-0.1, -0.05) is 34.1 Å². The predicted molar refractivity (Wildman–Crippen MR) is 98.7 cm³/mol. The van der Waals surface area contributed by atoms with Gasteiger partial charge >= 0.3 is 5.97 Å². The van der Waals surface area contributed by atoms with Crippen LogP contribution in [0.2, 0.25) is 0 Å². The molecule has 2 aromatic carbocycles. The minimum absolute atomic E-state index is 0.0364. The van der Waals surface area contributed by atoms with E-state index < -0.39 is 21.6 Å². The zero-order valence-electron chi connectivity index (χ0n) is 13.6. The van der Waals surface area contributed by atoms with Crippen LogP contribution >= 0.6 is 15.9 Å². The molecule has 4 nitrogen and oxygen atoms in total. The summed E-state index contributed by atoms with van der Waals surface area (Å²) in [5, 5.41) is 9.88. The number of allylic oxidation sites excluding steroid dienone is 1. The number of carboxylic acid groups (broad SMARTS) is 1. The van der Waals surface area contributed by atoms with E-state index in [4.69, 9.17) is 0 Å². The number of benzene rings is 2. The fourth-order valence-electron chi connectivity index (χ4n) is 2.43. The maximum Gasteiger partial charge on any atom is 0.336 e. The van der Waals surface area contributed by atoms with Crippen LogP contribution in [-0.2, 0) is 20.0 Å². The first kappa shape index (κ1) is 19.3. The summed E-state index contributed by atoms with van der Waals surface area (Å²) in [6, 6.07) is 10.1. The van der Waals surface area contributed by atoms with Crippen LogP contribution in [0.5, 0.6) is 0 Å². The SMILES string of the molecule is C/C(=C(\C(=O)O)c1ccc(F)c(CBr)c1)c1ccc(S(C)(=O)=O)cc1. The summed E-state index contributed by atoms with van der Waals surface area (Å²) >= 11 is 3.18. The van der Waals surface area contributed by atoms with Gasteiger partial charge in [-0.3, -0.25) is 0 Å². The Morgan fingerprint density at radius 3 is 2.16 bits per heavy atom. The van der Waals surface area contributed by atoms with E-state index in [1.165, 1.54) is 30.3 Å². The molecule has 0 aliphatic rings. The molecule has 0 heterocycles. The van der Waals surface area contributed by atoms with Gasteiger partial charge in [0.2, 0.25) is 0 Å². The first-order chi connectivity index (χ1) is 11.6. The Morgan fingerprint density at radius 2 is 1.68 bits per heavy atom. The van der Waals surface area contributed by atoms with Crippen LogP contribution in [0.15, 0.2) is 47.4 Å². The van der Waals surface area contributed by atoms with E-state index in [1.807, 2.05) is 0 Å². The third-order valence-electron chi connectivity index (χ3n) is 3.78. The Balaban J connectivity index is 2.60. The summed E-state index contributed by atoms with van der Waals surface area (Å²) in [5.41, 5.74) is 1.81. The first-order valence-electron chi connectivity index (χ1n) is 7.24. The van der Waals surface area contributed by atoms with E-state index in [-0.39, 0.29) is 15.8 Å². The number of alkyl halides is 1. The van der Waals surface area contributed by atoms with Crippen molar-refractivity contribution in [1.29, 1.82) is 0 Å². The van der Waals surface area contributed by atoms with Gasteiger partial charge in [0, 0.05) is 11.6 Å². The number of sulfone groups is 1. The Bertz CT molecular complexity index is 948. The molecule has 0 aliphatic heterocycles. The van der Waals surface area contributed by atoms with Crippen molar-refractivity contribution in [3.05, 3.63) is 65.0 Å². The van der Waals surface area contributed by atoms with E-state index in [2.05, 4.69) is 15.9 Å². The van der Waals surface area contributed by atoms with Crippen molar-refractivity contribution < 1.29 is 22.7 Å². The van der Waals surface area contributed by atoms with Crippen molar-refractivity contribution in [1.82, 2.24) is 0 Å². The highest BCUT2D eigenvalue weighted by atomic mass is 79.9. The molecule has 0 fully saturated rings. The summed E-state index contributed by atoms with van der Waals surface area (Å²) in [6.07, 6.45) is 1.10. The fraction of sp³-hybridized carbons (Fsp3) is 0.167. The molecule has 7 heteroatoms. The van der Waals surface area contributed by atoms with Crippen LogP contribution in [0.4, 0.5) is 4.39 Å². The maximum absolute atomic E-state index is 13.7. The van der Waals surface area contributed by atoms with Crippen molar-refractivity contribution in [2.45, 2.75) is 17.1 Å². The molecule has 0 saturated heterocycles. The minimum Gasteiger partial charge on any atom is -0.478 e. The van der Waals surface area contributed by atoms with Gasteiger partial charge in [-0.25, -0.2) is 17.6 Å². The quantitative estimate of drug-likeness (QED) is 0.442. The number of rotatable bonds is 5. The van der Waals surface area contributed by atoms with Gasteiger partial charge in [0.1, 0.15) is 5.82 Å². The summed E-state index contributed by atoms with van der Waals surface area (Å²) in [4.78, 5) is 11.9. The minimum atomic E-state index is -3.33. The molecule has 0 spiro atoms. The summed E-state index contributed by atoms with van der Waals surface area (Å²) < 4.78 is 36.7. The number of aliphatic carboxylic acids is 1. The van der Waals surface area contributed by atoms with Gasteiger partial charge in [-0.15, -0.1) is 0 Å². The van der Waals surface area contributed by atoms with Crippen molar-refractivity contribution in [3.63, 3.8) is 0 Å². The number of hydrogen-bond acceptors (Lipinski definition) is 3. The zero-order chi connectivity index (χ0) is 18.8. The van der Waals surface area contributed by atoms with Crippen LogP contribution in [0.1, 0.15) is 23.6 Å². The lowest BCUT2D eigenvalue weighted by Gasteiger charge is -2.11. The Hall–Kier alpha value is -1.99. The molecule has 2 rings (SSSR count). The monoisotopic (exact) mass is 426 g/mol. The van der Waals surface area contributed by atoms with Gasteiger partial charge in [0.25, 0.3) is 0 Å². The lowest BCUT2D eigenvalue weighted by atomic mass is 9.95. The van der Waals surface area contributed by atoms with Gasteiger partial charge in [-0.05, 0) is 53.5 Å². The highest BCUT2D eigenvalue weighted by molar-refractivity contribution is 9.08. The van der Waals surface area contributed by atoms with Gasteiger partial charge < -0.3 is 5.11 Å². The van der Waals surface area contributed by atoms with Crippen LogP contribution < -0.4 is 0 Å². The smallest absolute Gasteiger partial charge is 0.336 e. The molecule has 0 aromatic heterocycles. The second-order valence-corrected chi connectivity index (χ2v) is 8.12. The van der Waals surface area contributed by atoms with Crippen molar-refractivity contribution in [2.75, 3.05) is 6.26 Å². The molecule has 0 unspecified atom stereocenters. The Kier molecular flexibility index (Phi) is 5.80. The molecule has 0 saturated carbocycles. The second kappa shape index (κ2) is 7.49. The molecule has 132 valence electrons. The fourth-order valence-corrected chi connectivity index (χ4v) is 3.49. The van der Waals surface area contributed by atoms with Gasteiger partial charge in [0.15, 0.2) is 9.84 Å². The molecule has 0 bridgehead atoms. The van der Waals surface area contributed by atoms with Crippen molar-refractivity contribution >= 4 is 42.9 Å². The van der Waals surface area contributed by atoms with E-state index in [9.17, 15) is 22.7 Å². The van der Waals surface area contributed by atoms with E-state index >= 15 is 0 Å². The molecular weight excluding hydrogens is 411 g/mol. The van der Waals surface area contributed by atoms with E-state index in [0.717, 1.165) is 6.26 Å². The van der Waals surface area contributed by atoms with Crippen LogP contribution in [0.25, 0.3) is 11.1 Å². The summed E-state index contributed by atoms with van der Waals surface area (Å²) in [5.74, 6) is -1.56. The average molecular weight is 427 g/mol. The van der Waals surface area contributed by atoms with Crippen LogP contribution in [0, 0.1) is 5.82 Å². The van der Waals surface area contributed by atoms with Crippen LogP contribution in [-0.4, -0.2) is 25.7 Å². The lowest BCUT2D eigenvalue weighted by molar-refractivity contribution is -0.130. The number of hydrogen-bond donors (Lipinski definition) is 1. The standard InChI is InChI=1S/C18H16BrFO4S/c1-11(12-3-6-15(7-4-12)25(2,23)24)17(18(21)22)13-5-8-16(20)14(9-13)10-19/h3-9H,10H2,1-2H3,(H,21,22)/b17-11+. The highest BCUT2D eigenvalue weighted by Crippen LogP contribution is 2.29. The van der Waals surface area contributed by atoms with Crippen molar-refractivity contribution in [2.24, 2.45) is 0 Å². The molecule has 0 amide bonds. The first-order valence-corrected chi connectivity index (χ1v) is 10.3. The lowest BCUT2D eigenvalue weighted by Crippen LogP contribution is -2.04. The third kappa shape index (κ3) is 4.35. The second-order valence-electron chi connectivity index (χ2n) is 5.54. The normalized spacial score (nSPS) is 12.6. The summed E-state index contributed by atoms with van der Waals surface area (Å²) in [7, 11) is -3.33. The van der Waals surface area contributed by atoms with Gasteiger partial charge in [0.05, 0.1) is 10.5 Å². The molecule has 0 aliphatic carbocycles. The number of carbonyl (C=O) groups is 1. The molecule has 2 aromatic rings. The Morgan fingerprint density at radius 1 is 1.12 bits per heavy atom. The molecule has 25 heavy (non-hydrogen) atoms. The van der Waals surface area contributed by atoms with Crippen LogP contribution in [0.3, 0.4) is 0 Å². The highest BCUT2D eigenvalue weighted by Gasteiger charge is 2.17. The number of carboxylic acids is 1. The van der Waals surface area contributed by atoms with Crippen molar-refractivity contribution in [3.8, 4) is 0 Å². The molecule has 1 N–H and O–H groups in total. The molecule has 0 atom stereocenters. The third-order valence-corrected chi connectivity index (χ3v) is 5.52. The van der Waals surface area contributed by atoms with E-state index in [0.29, 0.717) is 22.3 Å².